The molecule has 0 saturated heterocycles. The normalized spacial score (nSPS) is 13.7. The van der Waals surface area contributed by atoms with Gasteiger partial charge in [0, 0.05) is 12.8 Å². The van der Waals surface area contributed by atoms with Gasteiger partial charge in [-0.3, -0.25) is 14.2 Å². The van der Waals surface area contributed by atoms with Crippen molar-refractivity contribution in [2.45, 2.75) is 251 Å². The molecule has 66 heavy (non-hydrogen) atoms. The van der Waals surface area contributed by atoms with Crippen LogP contribution in [0.15, 0.2) is 48.6 Å². The van der Waals surface area contributed by atoms with Gasteiger partial charge in [-0.25, -0.2) is 0 Å². The molecule has 0 bridgehead atoms. The van der Waals surface area contributed by atoms with E-state index in [-0.39, 0.29) is 32.0 Å². The minimum Gasteiger partial charge on any atom is -0.756 e. The fraction of sp³-hybridized carbons (Fsp3) is 0.821. The highest BCUT2D eigenvalue weighted by molar-refractivity contribution is 7.45. The molecule has 2 unspecified atom stereocenters. The lowest BCUT2D eigenvalue weighted by Gasteiger charge is -2.28. The Labute approximate surface area is 407 Å². The van der Waals surface area contributed by atoms with Crippen LogP contribution in [0.5, 0.6) is 0 Å². The maximum absolute atomic E-state index is 12.7. The fourth-order valence-corrected chi connectivity index (χ4v) is 8.34. The maximum atomic E-state index is 12.7. The Hall–Kier alpha value is -2.03. The summed E-state index contributed by atoms with van der Waals surface area (Å²) in [6.07, 6.45) is 58.8. The molecule has 2 atom stereocenters. The quantitative estimate of drug-likeness (QED) is 0.0195. The molecule has 10 heteroatoms. The van der Waals surface area contributed by atoms with Crippen molar-refractivity contribution in [3.8, 4) is 0 Å². The second-order valence-corrected chi connectivity index (χ2v) is 21.0. The van der Waals surface area contributed by atoms with E-state index in [2.05, 4.69) is 62.5 Å². The number of nitrogens with zero attached hydrogens (tertiary/aromatic N) is 1. The molecular weight excluding hydrogens is 846 g/mol. The van der Waals surface area contributed by atoms with Crippen LogP contribution in [0.25, 0.3) is 0 Å². The molecular formula is C56H104NO8P. The molecule has 0 aromatic rings. The Morgan fingerprint density at radius 2 is 0.864 bits per heavy atom. The van der Waals surface area contributed by atoms with E-state index in [1.807, 2.05) is 21.1 Å². The van der Waals surface area contributed by atoms with E-state index in [9.17, 15) is 19.0 Å². The number of hydrogen-bond donors (Lipinski definition) is 0. The fourth-order valence-electron chi connectivity index (χ4n) is 7.61. The molecule has 0 rings (SSSR count). The molecule has 9 nitrogen and oxygen atoms in total. The van der Waals surface area contributed by atoms with Gasteiger partial charge in [0.15, 0.2) is 6.10 Å². The van der Waals surface area contributed by atoms with Crippen molar-refractivity contribution in [2.24, 2.45) is 0 Å². The van der Waals surface area contributed by atoms with E-state index in [1.54, 1.807) is 0 Å². The highest BCUT2D eigenvalue weighted by Crippen LogP contribution is 2.38. The van der Waals surface area contributed by atoms with Gasteiger partial charge in [0.25, 0.3) is 7.82 Å². The number of carbonyl (C=O) groups excluding carboxylic acids is 2. The van der Waals surface area contributed by atoms with Crippen molar-refractivity contribution < 1.29 is 42.1 Å². The molecule has 0 aromatic heterocycles. The SMILES string of the molecule is CC/C=C\C/C=C\C/C=C\CCCCCCCC(=O)OC(COC(=O)CCCCCCCCCCCCCCCCC/C=C\CCCCCCCCCC)COP(=O)([O-])OCC[N+](C)(C)C. The van der Waals surface area contributed by atoms with Gasteiger partial charge in [-0.15, -0.1) is 0 Å². The third kappa shape index (κ3) is 51.4. The standard InChI is InChI=1S/C56H104NO8P/c1-6-8-10-12-14-16-18-20-22-23-24-25-26-27-28-29-30-31-32-33-35-36-38-40-42-44-46-48-55(58)62-52-54(53-64-66(60,61)63-51-50-57(3,4)5)65-56(59)49-47-45-43-41-39-37-34-21-19-17-15-13-11-9-7-2/h9,11,15,17,21,23-24,34,54H,6-8,10,12-14,16,18-20,22,25-33,35-53H2,1-5H3/b11-9-,17-15-,24-23-,34-21-. The van der Waals surface area contributed by atoms with Crippen molar-refractivity contribution in [1.29, 1.82) is 0 Å². The lowest BCUT2D eigenvalue weighted by atomic mass is 10.0. The third-order valence-electron chi connectivity index (χ3n) is 11.8. The molecule has 0 aliphatic heterocycles. The van der Waals surface area contributed by atoms with Gasteiger partial charge in [-0.1, -0.05) is 210 Å². The summed E-state index contributed by atoms with van der Waals surface area (Å²) < 4.78 is 34.0. The van der Waals surface area contributed by atoms with Crippen molar-refractivity contribution in [1.82, 2.24) is 0 Å². The van der Waals surface area contributed by atoms with Gasteiger partial charge < -0.3 is 27.9 Å². The topological polar surface area (TPSA) is 111 Å². The second-order valence-electron chi connectivity index (χ2n) is 19.6. The van der Waals surface area contributed by atoms with Gasteiger partial charge in [0.05, 0.1) is 27.7 Å². The van der Waals surface area contributed by atoms with Gasteiger partial charge >= 0.3 is 11.9 Å². The third-order valence-corrected chi connectivity index (χ3v) is 12.8. The number of hydrogen-bond acceptors (Lipinski definition) is 8. The molecule has 0 fully saturated rings. The van der Waals surface area contributed by atoms with Gasteiger partial charge in [-0.05, 0) is 70.6 Å². The van der Waals surface area contributed by atoms with E-state index < -0.39 is 26.5 Å². The van der Waals surface area contributed by atoms with E-state index in [1.165, 1.54) is 141 Å². The van der Waals surface area contributed by atoms with E-state index in [0.717, 1.165) is 70.6 Å². The molecule has 0 radical (unpaired) electrons. The first-order valence-corrected chi connectivity index (χ1v) is 28.8. The lowest BCUT2D eigenvalue weighted by molar-refractivity contribution is -0.870. The Bertz CT molecular complexity index is 1260. The van der Waals surface area contributed by atoms with Crippen LogP contribution in [0.3, 0.4) is 0 Å². The van der Waals surface area contributed by atoms with E-state index in [4.69, 9.17) is 18.5 Å². The summed E-state index contributed by atoms with van der Waals surface area (Å²) in [6.45, 7) is 4.12. The number of phosphoric acid groups is 1. The maximum Gasteiger partial charge on any atom is 0.306 e. The average molecular weight is 950 g/mol. The first-order valence-electron chi connectivity index (χ1n) is 27.3. The molecule has 0 heterocycles. The molecule has 0 aromatic carbocycles. The molecule has 0 saturated carbocycles. The van der Waals surface area contributed by atoms with Crippen LogP contribution >= 0.6 is 7.82 Å². The zero-order valence-corrected chi connectivity index (χ0v) is 44.5. The smallest absolute Gasteiger partial charge is 0.306 e. The largest absolute Gasteiger partial charge is 0.756 e. The highest BCUT2D eigenvalue weighted by atomic mass is 31.2. The molecule has 0 aliphatic rings. The monoisotopic (exact) mass is 950 g/mol. The number of unbranched alkanes of at least 4 members (excludes halogenated alkanes) is 28. The van der Waals surface area contributed by atoms with Gasteiger partial charge in [-0.2, -0.15) is 0 Å². The number of esters is 2. The minimum absolute atomic E-state index is 0.0349. The summed E-state index contributed by atoms with van der Waals surface area (Å²) in [5, 5.41) is 0. The van der Waals surface area contributed by atoms with Crippen LogP contribution in [-0.2, 0) is 32.7 Å². The highest BCUT2D eigenvalue weighted by Gasteiger charge is 2.21. The van der Waals surface area contributed by atoms with E-state index in [0.29, 0.717) is 17.4 Å². The summed E-state index contributed by atoms with van der Waals surface area (Å²) in [4.78, 5) is 37.7. The summed E-state index contributed by atoms with van der Waals surface area (Å²) >= 11 is 0. The zero-order valence-electron chi connectivity index (χ0n) is 43.6. The molecule has 0 N–H and O–H groups in total. The Balaban J connectivity index is 4.11. The first kappa shape index (κ1) is 64.0. The molecule has 386 valence electrons. The number of ether oxygens (including phenoxy) is 2. The number of allylic oxidation sites excluding steroid dienone is 8. The Morgan fingerprint density at radius 3 is 1.30 bits per heavy atom. The van der Waals surface area contributed by atoms with Crippen LogP contribution in [0.4, 0.5) is 0 Å². The van der Waals surface area contributed by atoms with Gasteiger partial charge in [0.2, 0.25) is 0 Å². The Morgan fingerprint density at radius 1 is 0.485 bits per heavy atom. The molecule has 0 aliphatic carbocycles. The second kappa shape index (κ2) is 48.0. The van der Waals surface area contributed by atoms with Crippen LogP contribution < -0.4 is 4.89 Å². The van der Waals surface area contributed by atoms with Crippen LogP contribution in [0, 0.1) is 0 Å². The summed E-state index contributed by atoms with van der Waals surface area (Å²) in [6, 6.07) is 0. The minimum atomic E-state index is -4.64. The number of quaternary nitrogens is 1. The van der Waals surface area contributed by atoms with Crippen molar-refractivity contribution >= 4 is 19.8 Å². The number of carbonyl (C=O) groups is 2. The predicted octanol–water partition coefficient (Wildman–Crippen LogP) is 16.0. The van der Waals surface area contributed by atoms with Gasteiger partial charge in [0.1, 0.15) is 19.8 Å². The van der Waals surface area contributed by atoms with Crippen molar-refractivity contribution in [2.75, 3.05) is 47.5 Å². The van der Waals surface area contributed by atoms with Crippen molar-refractivity contribution in [3.63, 3.8) is 0 Å². The van der Waals surface area contributed by atoms with Crippen molar-refractivity contribution in [3.05, 3.63) is 48.6 Å². The number of phosphoric ester groups is 1. The zero-order chi connectivity index (χ0) is 48.5. The number of rotatable bonds is 50. The number of likely N-dealkylation sites (N-methyl/N-ethyl adjacent to an activating group) is 1. The van der Waals surface area contributed by atoms with Crippen LogP contribution in [-0.4, -0.2) is 70.0 Å². The summed E-state index contributed by atoms with van der Waals surface area (Å²) in [7, 11) is 1.16. The summed E-state index contributed by atoms with van der Waals surface area (Å²) in [5.41, 5.74) is 0. The molecule has 0 amide bonds. The lowest BCUT2D eigenvalue weighted by Crippen LogP contribution is -2.37. The van der Waals surface area contributed by atoms with E-state index >= 15 is 0 Å². The Kier molecular flexibility index (Phi) is 46.5. The van der Waals surface area contributed by atoms with Crippen LogP contribution in [0.2, 0.25) is 0 Å². The predicted molar refractivity (Wildman–Crippen MR) is 277 cm³/mol. The first-order chi connectivity index (χ1) is 32.0. The summed E-state index contributed by atoms with van der Waals surface area (Å²) in [5.74, 6) is -0.847. The van der Waals surface area contributed by atoms with Crippen LogP contribution in [0.1, 0.15) is 245 Å². The average Bonchev–Trinajstić information content (AvgIpc) is 3.27. The molecule has 0 spiro atoms.